The Morgan fingerprint density at radius 3 is 2.43 bits per heavy atom. The molecule has 1 heterocycles. The van der Waals surface area contributed by atoms with Crippen LogP contribution in [-0.4, -0.2) is 11.7 Å². The first-order valence-electron chi connectivity index (χ1n) is 6.78. The topological polar surface area (TPSA) is 49.4 Å². The number of benzene rings is 2. The standard InChI is InChI=1S/C17H18N2O2/c1-19-14(10-12-9-13(18)3-8-17(12)19)11-21-16-6-4-15(20-2)5-7-16/h3-10H,11,18H2,1-2H3. The molecule has 0 saturated carbocycles. The Morgan fingerprint density at radius 2 is 1.71 bits per heavy atom. The van der Waals surface area contributed by atoms with E-state index in [-0.39, 0.29) is 0 Å². The van der Waals surface area contributed by atoms with E-state index in [0.717, 1.165) is 33.8 Å². The predicted octanol–water partition coefficient (Wildman–Crippen LogP) is 3.35. The number of methoxy groups -OCH3 is 1. The van der Waals surface area contributed by atoms with Crippen molar-refractivity contribution >= 4 is 16.6 Å². The minimum Gasteiger partial charge on any atom is -0.497 e. The maximum atomic E-state index is 5.82. The average Bonchev–Trinajstić information content (AvgIpc) is 2.81. The van der Waals surface area contributed by atoms with Crippen molar-refractivity contribution in [2.24, 2.45) is 7.05 Å². The maximum absolute atomic E-state index is 5.82. The largest absolute Gasteiger partial charge is 0.497 e. The molecule has 0 aliphatic heterocycles. The third kappa shape index (κ3) is 2.65. The Hall–Kier alpha value is -2.62. The van der Waals surface area contributed by atoms with E-state index in [0.29, 0.717) is 6.61 Å². The number of nitrogens with zero attached hydrogens (tertiary/aromatic N) is 1. The van der Waals surface area contributed by atoms with E-state index < -0.39 is 0 Å². The van der Waals surface area contributed by atoms with Crippen LogP contribution in [0.5, 0.6) is 11.5 Å². The van der Waals surface area contributed by atoms with Crippen LogP contribution in [0.25, 0.3) is 10.9 Å². The quantitative estimate of drug-likeness (QED) is 0.747. The molecule has 2 aromatic carbocycles. The molecule has 1 aromatic heterocycles. The Bertz CT molecular complexity index is 760. The van der Waals surface area contributed by atoms with Gasteiger partial charge in [-0.05, 0) is 48.5 Å². The van der Waals surface area contributed by atoms with Crippen LogP contribution in [0, 0.1) is 0 Å². The normalized spacial score (nSPS) is 10.8. The number of anilines is 1. The minimum atomic E-state index is 0.511. The molecule has 0 spiro atoms. The number of aryl methyl sites for hydroxylation is 1. The smallest absolute Gasteiger partial charge is 0.128 e. The molecule has 21 heavy (non-hydrogen) atoms. The van der Waals surface area contributed by atoms with E-state index in [1.165, 1.54) is 0 Å². The summed E-state index contributed by atoms with van der Waals surface area (Å²) < 4.78 is 13.1. The fraction of sp³-hybridized carbons (Fsp3) is 0.176. The zero-order valence-corrected chi connectivity index (χ0v) is 12.2. The maximum Gasteiger partial charge on any atom is 0.128 e. The van der Waals surface area contributed by atoms with Gasteiger partial charge in [-0.25, -0.2) is 0 Å². The minimum absolute atomic E-state index is 0.511. The number of fused-ring (bicyclic) bond motifs is 1. The number of ether oxygens (including phenoxy) is 2. The van der Waals surface area contributed by atoms with E-state index in [9.17, 15) is 0 Å². The lowest BCUT2D eigenvalue weighted by Gasteiger charge is -2.08. The first-order chi connectivity index (χ1) is 10.2. The molecule has 0 fully saturated rings. The van der Waals surface area contributed by atoms with Gasteiger partial charge in [0.2, 0.25) is 0 Å². The molecule has 0 radical (unpaired) electrons. The Balaban J connectivity index is 1.79. The summed E-state index contributed by atoms with van der Waals surface area (Å²) in [6, 6.07) is 15.6. The summed E-state index contributed by atoms with van der Waals surface area (Å²) in [5.74, 6) is 1.64. The summed E-state index contributed by atoms with van der Waals surface area (Å²) in [5.41, 5.74) is 8.85. The van der Waals surface area contributed by atoms with E-state index in [1.807, 2.05) is 49.5 Å². The highest BCUT2D eigenvalue weighted by atomic mass is 16.5. The molecule has 0 atom stereocenters. The molecule has 0 bridgehead atoms. The van der Waals surface area contributed by atoms with Crippen LogP contribution in [0.4, 0.5) is 5.69 Å². The number of hydrogen-bond donors (Lipinski definition) is 1. The second-order valence-corrected chi connectivity index (χ2v) is 4.98. The van der Waals surface area contributed by atoms with Crippen molar-refractivity contribution in [2.75, 3.05) is 12.8 Å². The highest BCUT2D eigenvalue weighted by Crippen LogP contribution is 2.23. The molecule has 0 aliphatic carbocycles. The lowest BCUT2D eigenvalue weighted by Crippen LogP contribution is -2.01. The lowest BCUT2D eigenvalue weighted by atomic mass is 10.2. The van der Waals surface area contributed by atoms with Gasteiger partial charge in [-0.3, -0.25) is 0 Å². The molecule has 4 heteroatoms. The third-order valence-electron chi connectivity index (χ3n) is 3.61. The SMILES string of the molecule is COc1ccc(OCc2cc3cc(N)ccc3n2C)cc1. The molecule has 0 aliphatic rings. The zero-order valence-electron chi connectivity index (χ0n) is 12.2. The van der Waals surface area contributed by atoms with Crippen LogP contribution in [0.15, 0.2) is 48.5 Å². The average molecular weight is 282 g/mol. The Morgan fingerprint density at radius 1 is 1.00 bits per heavy atom. The van der Waals surface area contributed by atoms with Gasteiger partial charge >= 0.3 is 0 Å². The molecule has 4 nitrogen and oxygen atoms in total. The van der Waals surface area contributed by atoms with Gasteiger partial charge in [0.25, 0.3) is 0 Å². The van der Waals surface area contributed by atoms with Crippen molar-refractivity contribution in [3.63, 3.8) is 0 Å². The fourth-order valence-electron chi connectivity index (χ4n) is 2.39. The van der Waals surface area contributed by atoms with Crippen LogP contribution >= 0.6 is 0 Å². The number of rotatable bonds is 4. The summed E-state index contributed by atoms with van der Waals surface area (Å²) in [6.45, 7) is 0.511. The molecule has 3 aromatic rings. The first-order valence-corrected chi connectivity index (χ1v) is 6.78. The van der Waals surface area contributed by atoms with E-state index in [1.54, 1.807) is 7.11 Å². The van der Waals surface area contributed by atoms with E-state index in [2.05, 4.69) is 10.6 Å². The van der Waals surface area contributed by atoms with Gasteiger partial charge < -0.3 is 19.8 Å². The molecule has 0 unspecified atom stereocenters. The second kappa shape index (κ2) is 5.40. The summed E-state index contributed by atoms with van der Waals surface area (Å²) in [7, 11) is 3.68. The van der Waals surface area contributed by atoms with E-state index in [4.69, 9.17) is 15.2 Å². The monoisotopic (exact) mass is 282 g/mol. The van der Waals surface area contributed by atoms with Gasteiger partial charge in [0, 0.05) is 23.6 Å². The van der Waals surface area contributed by atoms with E-state index >= 15 is 0 Å². The predicted molar refractivity (Wildman–Crippen MR) is 84.7 cm³/mol. The highest BCUT2D eigenvalue weighted by molar-refractivity contribution is 5.84. The molecule has 2 N–H and O–H groups in total. The lowest BCUT2D eigenvalue weighted by molar-refractivity contribution is 0.297. The van der Waals surface area contributed by atoms with Crippen LogP contribution in [-0.2, 0) is 13.7 Å². The summed E-state index contributed by atoms with van der Waals surface area (Å²) in [4.78, 5) is 0. The first kappa shape index (κ1) is 13.4. The van der Waals surface area contributed by atoms with Crippen LogP contribution in [0.1, 0.15) is 5.69 Å². The molecule has 3 rings (SSSR count). The number of aromatic nitrogens is 1. The molecular weight excluding hydrogens is 264 g/mol. The Labute approximate surface area is 123 Å². The van der Waals surface area contributed by atoms with Gasteiger partial charge in [0.1, 0.15) is 18.1 Å². The van der Waals surface area contributed by atoms with Crippen molar-refractivity contribution in [2.45, 2.75) is 6.61 Å². The zero-order chi connectivity index (χ0) is 14.8. The van der Waals surface area contributed by atoms with Crippen LogP contribution in [0.2, 0.25) is 0 Å². The van der Waals surface area contributed by atoms with Crippen molar-refractivity contribution in [3.05, 3.63) is 54.2 Å². The molecule has 108 valence electrons. The van der Waals surface area contributed by atoms with Crippen LogP contribution < -0.4 is 15.2 Å². The summed E-state index contributed by atoms with van der Waals surface area (Å²) in [6.07, 6.45) is 0. The number of nitrogens with two attached hydrogens (primary N) is 1. The molecule has 0 saturated heterocycles. The van der Waals surface area contributed by atoms with Gasteiger partial charge in [-0.15, -0.1) is 0 Å². The van der Waals surface area contributed by atoms with Crippen molar-refractivity contribution < 1.29 is 9.47 Å². The number of hydrogen-bond acceptors (Lipinski definition) is 3. The number of nitrogen functional groups attached to an aromatic ring is 1. The van der Waals surface area contributed by atoms with Crippen molar-refractivity contribution in [1.82, 2.24) is 4.57 Å². The third-order valence-corrected chi connectivity index (χ3v) is 3.61. The highest BCUT2D eigenvalue weighted by Gasteiger charge is 2.06. The fourth-order valence-corrected chi connectivity index (χ4v) is 2.39. The molecule has 0 amide bonds. The van der Waals surface area contributed by atoms with Crippen molar-refractivity contribution in [3.8, 4) is 11.5 Å². The van der Waals surface area contributed by atoms with Gasteiger partial charge in [0.05, 0.1) is 12.8 Å². The van der Waals surface area contributed by atoms with Gasteiger partial charge in [0.15, 0.2) is 0 Å². The van der Waals surface area contributed by atoms with Crippen molar-refractivity contribution in [1.29, 1.82) is 0 Å². The summed E-state index contributed by atoms with van der Waals surface area (Å²) in [5, 5.41) is 1.13. The van der Waals surface area contributed by atoms with Gasteiger partial charge in [-0.1, -0.05) is 0 Å². The van der Waals surface area contributed by atoms with Gasteiger partial charge in [-0.2, -0.15) is 0 Å². The molecular formula is C17H18N2O2. The Kier molecular flexibility index (Phi) is 3.44. The van der Waals surface area contributed by atoms with Crippen LogP contribution in [0.3, 0.4) is 0 Å². The second-order valence-electron chi connectivity index (χ2n) is 4.98. The summed E-state index contributed by atoms with van der Waals surface area (Å²) >= 11 is 0.